The van der Waals surface area contributed by atoms with Gasteiger partial charge in [0.25, 0.3) is 0 Å². The van der Waals surface area contributed by atoms with Crippen LogP contribution in [0.15, 0.2) is 0 Å². The minimum Gasteiger partial charge on any atom is -0.388 e. The van der Waals surface area contributed by atoms with Crippen molar-refractivity contribution in [1.29, 1.82) is 0 Å². The fourth-order valence-corrected chi connectivity index (χ4v) is 2.47. The molecule has 0 radical (unpaired) electrons. The third kappa shape index (κ3) is 4.30. The highest BCUT2D eigenvalue weighted by Crippen LogP contribution is 2.39. The van der Waals surface area contributed by atoms with Gasteiger partial charge in [-0.1, -0.05) is 13.3 Å². The van der Waals surface area contributed by atoms with Crippen molar-refractivity contribution in [3.63, 3.8) is 0 Å². The zero-order valence-corrected chi connectivity index (χ0v) is 13.7. The molecular formula is C16H28N4O. The Morgan fingerprint density at radius 2 is 1.81 bits per heavy atom. The molecule has 0 amide bonds. The number of hydrogen-bond acceptors (Lipinski definition) is 5. The van der Waals surface area contributed by atoms with Crippen LogP contribution in [-0.4, -0.2) is 33.8 Å². The molecule has 1 aromatic rings. The fraction of sp³-hybridized carbons (Fsp3) is 0.750. The third-order valence-corrected chi connectivity index (χ3v) is 3.88. The lowest BCUT2D eigenvalue weighted by molar-refractivity contribution is 0.0636. The first kappa shape index (κ1) is 16.0. The Bertz CT molecular complexity index is 483. The zero-order chi connectivity index (χ0) is 15.5. The predicted octanol–water partition coefficient (Wildman–Crippen LogP) is 3.06. The molecule has 1 unspecified atom stereocenters. The topological polar surface area (TPSA) is 70.1 Å². The number of hydrogen-bond donors (Lipinski definition) is 3. The van der Waals surface area contributed by atoms with Gasteiger partial charge in [-0.05, 0) is 40.0 Å². The molecule has 0 bridgehead atoms. The van der Waals surface area contributed by atoms with E-state index in [9.17, 15) is 5.11 Å². The van der Waals surface area contributed by atoms with Crippen molar-refractivity contribution in [2.45, 2.75) is 64.9 Å². The van der Waals surface area contributed by atoms with Gasteiger partial charge >= 0.3 is 0 Å². The van der Waals surface area contributed by atoms with Crippen molar-refractivity contribution in [2.75, 3.05) is 23.7 Å². The summed E-state index contributed by atoms with van der Waals surface area (Å²) in [4.78, 5) is 9.31. The van der Waals surface area contributed by atoms with Crippen LogP contribution in [0.3, 0.4) is 0 Å². The van der Waals surface area contributed by atoms with E-state index in [4.69, 9.17) is 0 Å². The predicted molar refractivity (Wildman–Crippen MR) is 86.9 cm³/mol. The summed E-state index contributed by atoms with van der Waals surface area (Å²) in [6, 6.07) is 0. The van der Waals surface area contributed by atoms with Gasteiger partial charge in [0, 0.05) is 24.6 Å². The second kappa shape index (κ2) is 6.60. The molecule has 0 spiro atoms. The van der Waals surface area contributed by atoms with Crippen LogP contribution in [0, 0.1) is 6.92 Å². The van der Waals surface area contributed by atoms with Gasteiger partial charge in [0.1, 0.15) is 17.5 Å². The van der Waals surface area contributed by atoms with Crippen molar-refractivity contribution >= 4 is 11.6 Å². The van der Waals surface area contributed by atoms with Crippen molar-refractivity contribution in [2.24, 2.45) is 0 Å². The average molecular weight is 292 g/mol. The Hall–Kier alpha value is -1.36. The minimum absolute atomic E-state index is 0.508. The summed E-state index contributed by atoms with van der Waals surface area (Å²) in [5.74, 6) is 3.19. The lowest BCUT2D eigenvalue weighted by Crippen LogP contribution is -2.33. The number of aliphatic hydroxyl groups is 1. The van der Waals surface area contributed by atoms with Crippen LogP contribution in [0.5, 0.6) is 0 Å². The van der Waals surface area contributed by atoms with E-state index >= 15 is 0 Å². The van der Waals surface area contributed by atoms with Gasteiger partial charge in [-0.3, -0.25) is 0 Å². The van der Waals surface area contributed by atoms with E-state index in [-0.39, 0.29) is 0 Å². The number of anilines is 2. The van der Waals surface area contributed by atoms with Gasteiger partial charge in [-0.25, -0.2) is 9.97 Å². The summed E-state index contributed by atoms with van der Waals surface area (Å²) in [5.41, 5.74) is 0.318. The summed E-state index contributed by atoms with van der Waals surface area (Å²) in [5, 5.41) is 16.9. The van der Waals surface area contributed by atoms with Gasteiger partial charge in [-0.15, -0.1) is 0 Å². The van der Waals surface area contributed by atoms with E-state index in [0.29, 0.717) is 12.5 Å². The Kier molecular flexibility index (Phi) is 5.04. The number of rotatable bonds is 8. The lowest BCUT2D eigenvalue weighted by atomic mass is 10.0. The van der Waals surface area contributed by atoms with E-state index in [1.54, 1.807) is 0 Å². The summed E-state index contributed by atoms with van der Waals surface area (Å²) >= 11 is 0. The standard InChI is InChI=1S/C16H28N4O/c1-5-9-16(4,21)10-18-14-11(3)13(17-6-2)19-15(20-14)12-7-8-12/h12,21H,5-10H2,1-4H3,(H2,17,18,19,20). The summed E-state index contributed by atoms with van der Waals surface area (Å²) in [7, 11) is 0. The van der Waals surface area contributed by atoms with Crippen LogP contribution in [0.4, 0.5) is 11.6 Å². The van der Waals surface area contributed by atoms with Gasteiger partial charge in [0.2, 0.25) is 0 Å². The minimum atomic E-state index is -0.704. The maximum atomic E-state index is 10.3. The molecule has 1 aliphatic rings. The molecular weight excluding hydrogens is 264 g/mol. The average Bonchev–Trinajstić information content (AvgIpc) is 3.24. The van der Waals surface area contributed by atoms with Crippen molar-refractivity contribution < 1.29 is 5.11 Å². The summed E-state index contributed by atoms with van der Waals surface area (Å²) in [6.07, 6.45) is 4.11. The molecule has 21 heavy (non-hydrogen) atoms. The first-order valence-corrected chi connectivity index (χ1v) is 8.05. The van der Waals surface area contributed by atoms with Crippen LogP contribution < -0.4 is 10.6 Å². The fourth-order valence-electron chi connectivity index (χ4n) is 2.47. The maximum Gasteiger partial charge on any atom is 0.136 e. The highest BCUT2D eigenvalue weighted by Gasteiger charge is 2.28. The van der Waals surface area contributed by atoms with Crippen molar-refractivity contribution in [1.82, 2.24) is 9.97 Å². The first-order valence-electron chi connectivity index (χ1n) is 8.05. The van der Waals surface area contributed by atoms with E-state index < -0.39 is 5.60 Å². The summed E-state index contributed by atoms with van der Waals surface area (Å²) < 4.78 is 0. The molecule has 1 saturated carbocycles. The smallest absolute Gasteiger partial charge is 0.136 e. The Balaban J connectivity index is 2.16. The molecule has 0 aromatic carbocycles. The molecule has 1 aliphatic carbocycles. The van der Waals surface area contributed by atoms with E-state index in [1.807, 2.05) is 13.8 Å². The molecule has 0 aliphatic heterocycles. The number of nitrogens with one attached hydrogen (secondary N) is 2. The van der Waals surface area contributed by atoms with Crippen molar-refractivity contribution in [3.05, 3.63) is 11.4 Å². The van der Waals surface area contributed by atoms with Crippen LogP contribution >= 0.6 is 0 Å². The van der Waals surface area contributed by atoms with Gasteiger partial charge in [0.05, 0.1) is 5.60 Å². The van der Waals surface area contributed by atoms with Crippen LogP contribution in [0.2, 0.25) is 0 Å². The molecule has 1 fully saturated rings. The van der Waals surface area contributed by atoms with E-state index in [1.165, 1.54) is 12.8 Å². The molecule has 2 rings (SSSR count). The Morgan fingerprint density at radius 3 is 2.33 bits per heavy atom. The second-order valence-electron chi connectivity index (χ2n) is 6.31. The van der Waals surface area contributed by atoms with E-state index in [2.05, 4.69) is 34.4 Å². The van der Waals surface area contributed by atoms with Gasteiger partial charge in [0.15, 0.2) is 0 Å². The second-order valence-corrected chi connectivity index (χ2v) is 6.31. The molecule has 3 N–H and O–H groups in total. The van der Waals surface area contributed by atoms with Gasteiger partial charge in [-0.2, -0.15) is 0 Å². The number of nitrogens with zero attached hydrogens (tertiary/aromatic N) is 2. The van der Waals surface area contributed by atoms with Crippen molar-refractivity contribution in [3.8, 4) is 0 Å². The molecule has 118 valence electrons. The van der Waals surface area contributed by atoms with Crippen LogP contribution in [0.25, 0.3) is 0 Å². The quantitative estimate of drug-likeness (QED) is 0.687. The highest BCUT2D eigenvalue weighted by atomic mass is 16.3. The first-order chi connectivity index (χ1) is 9.96. The lowest BCUT2D eigenvalue weighted by Gasteiger charge is -2.24. The molecule has 1 aromatic heterocycles. The zero-order valence-electron chi connectivity index (χ0n) is 13.7. The Labute approximate surface area is 127 Å². The normalized spacial score (nSPS) is 17.4. The monoisotopic (exact) mass is 292 g/mol. The molecule has 1 atom stereocenters. The number of aromatic nitrogens is 2. The largest absolute Gasteiger partial charge is 0.388 e. The SMILES string of the molecule is CCCC(C)(O)CNc1nc(C2CC2)nc(NCC)c1C. The van der Waals surface area contributed by atoms with Gasteiger partial charge < -0.3 is 15.7 Å². The molecule has 5 heteroatoms. The summed E-state index contributed by atoms with van der Waals surface area (Å²) in [6.45, 7) is 9.39. The Morgan fingerprint density at radius 1 is 1.19 bits per heavy atom. The third-order valence-electron chi connectivity index (χ3n) is 3.88. The molecule has 5 nitrogen and oxygen atoms in total. The molecule has 1 heterocycles. The van der Waals surface area contributed by atoms with E-state index in [0.717, 1.165) is 42.4 Å². The van der Waals surface area contributed by atoms with Crippen LogP contribution in [-0.2, 0) is 0 Å². The molecule has 0 saturated heterocycles. The van der Waals surface area contributed by atoms with Crippen LogP contribution in [0.1, 0.15) is 63.8 Å². The maximum absolute atomic E-state index is 10.3. The highest BCUT2D eigenvalue weighted by molar-refractivity contribution is 5.57.